The Morgan fingerprint density at radius 1 is 0.857 bits per heavy atom. The predicted octanol–water partition coefficient (Wildman–Crippen LogP) is 10.1. The van der Waals surface area contributed by atoms with Gasteiger partial charge in [-0.3, -0.25) is 0 Å². The third-order valence-corrected chi connectivity index (χ3v) is 7.88. The lowest BCUT2D eigenvalue weighted by molar-refractivity contribution is 0.158. The Balaban J connectivity index is 1.64. The van der Waals surface area contributed by atoms with E-state index in [0.717, 1.165) is 37.8 Å². The smallest absolute Gasteiger partial charge is 0.114 e. The maximum absolute atomic E-state index is 5.32. The van der Waals surface area contributed by atoms with Gasteiger partial charge in [-0.15, -0.1) is 0 Å². The molecular weight excluding hydrogens is 512 g/mol. The second-order valence-electron chi connectivity index (χ2n) is 11.1. The zero-order chi connectivity index (χ0) is 29.5. The molecule has 0 saturated carbocycles. The third-order valence-electron chi connectivity index (χ3n) is 7.88. The fourth-order valence-electron chi connectivity index (χ4n) is 5.78. The lowest BCUT2D eigenvalue weighted by atomic mass is 10.0. The van der Waals surface area contributed by atoms with Crippen LogP contribution in [0.15, 0.2) is 114 Å². The molecule has 0 radical (unpaired) electrons. The maximum Gasteiger partial charge on any atom is 0.114 e. The Labute approximate surface area is 250 Å². The Morgan fingerprint density at radius 2 is 1.62 bits per heavy atom. The number of oxime groups is 1. The largest absolute Gasteiger partial charge is 0.396 e. The van der Waals surface area contributed by atoms with Crippen LogP contribution in [0.5, 0.6) is 0 Å². The first-order valence-electron chi connectivity index (χ1n) is 15.2. The topological polar surface area (TPSA) is 26.5 Å². The van der Waals surface area contributed by atoms with Crippen LogP contribution < -0.4 is 0 Å². The molecular formula is C39H42N2O. The average molecular weight is 555 g/mol. The summed E-state index contributed by atoms with van der Waals surface area (Å²) in [5.41, 5.74) is 12.5. The second-order valence-corrected chi connectivity index (χ2v) is 11.1. The molecule has 4 aromatic carbocycles. The number of hydrogen-bond donors (Lipinski definition) is 0. The van der Waals surface area contributed by atoms with Crippen molar-refractivity contribution in [2.45, 2.75) is 59.8 Å². The summed E-state index contributed by atoms with van der Waals surface area (Å²) in [5, 5.41) is 6.83. The molecule has 0 N–H and O–H groups in total. The molecule has 0 saturated heterocycles. The Bertz CT molecular complexity index is 1750. The van der Waals surface area contributed by atoms with Gasteiger partial charge in [0.2, 0.25) is 0 Å². The van der Waals surface area contributed by atoms with E-state index in [9.17, 15) is 0 Å². The third kappa shape index (κ3) is 6.57. The summed E-state index contributed by atoms with van der Waals surface area (Å²) in [6, 6.07) is 31.6. The summed E-state index contributed by atoms with van der Waals surface area (Å²) in [4.78, 5) is 5.32. The van der Waals surface area contributed by atoms with Gasteiger partial charge in [0.25, 0.3) is 0 Å². The Morgan fingerprint density at radius 3 is 2.38 bits per heavy atom. The number of nitrogens with zero attached hydrogens (tertiary/aromatic N) is 2. The van der Waals surface area contributed by atoms with Crippen LogP contribution in [0.25, 0.3) is 27.5 Å². The molecule has 0 unspecified atom stereocenters. The number of aromatic nitrogens is 1. The van der Waals surface area contributed by atoms with Crippen LogP contribution >= 0.6 is 0 Å². The number of fused-ring (bicyclic) bond motifs is 3. The number of benzene rings is 4. The van der Waals surface area contributed by atoms with Gasteiger partial charge in [-0.05, 0) is 93.0 Å². The molecule has 42 heavy (non-hydrogen) atoms. The van der Waals surface area contributed by atoms with Gasteiger partial charge in [-0.1, -0.05) is 103 Å². The number of rotatable bonds is 12. The summed E-state index contributed by atoms with van der Waals surface area (Å²) in [7, 11) is 0. The molecule has 0 spiro atoms. The first kappa shape index (κ1) is 29.1. The monoisotopic (exact) mass is 554 g/mol. The standard InChI is InChI=1S/C39H42N2O/c1-6-11-30(7-2)18-19-32-21-23-38-36(26-32)35-22-20-33(24-29(5)40-42-8-3)27-39(35)41(38)37-13-10-9-12-34(37)25-31-16-14-28(4)15-17-31/h7,9-17,20-23,26-27H,2,6,8,18-19,24-25H2,1,3-5H3/b30-11+,40-29?. The Kier molecular flexibility index (Phi) is 9.38. The molecule has 0 aliphatic heterocycles. The summed E-state index contributed by atoms with van der Waals surface area (Å²) in [6.45, 7) is 12.9. The lowest BCUT2D eigenvalue weighted by Crippen LogP contribution is -2.02. The minimum atomic E-state index is 0.577. The van der Waals surface area contributed by atoms with Crippen molar-refractivity contribution in [2.75, 3.05) is 6.61 Å². The van der Waals surface area contributed by atoms with Crippen molar-refractivity contribution in [3.63, 3.8) is 0 Å². The van der Waals surface area contributed by atoms with Crippen LogP contribution in [0.1, 0.15) is 61.4 Å². The van der Waals surface area contributed by atoms with Crippen molar-refractivity contribution in [2.24, 2.45) is 5.16 Å². The van der Waals surface area contributed by atoms with Gasteiger partial charge >= 0.3 is 0 Å². The number of allylic oxidation sites excluding steroid dienone is 3. The molecule has 0 amide bonds. The molecule has 0 atom stereocenters. The number of aryl methyl sites for hydroxylation is 2. The van der Waals surface area contributed by atoms with Crippen LogP contribution in [0, 0.1) is 6.92 Å². The normalized spacial score (nSPS) is 12.3. The fourth-order valence-corrected chi connectivity index (χ4v) is 5.78. The van der Waals surface area contributed by atoms with Gasteiger partial charge < -0.3 is 9.40 Å². The van der Waals surface area contributed by atoms with E-state index >= 15 is 0 Å². The molecule has 214 valence electrons. The van der Waals surface area contributed by atoms with Crippen molar-refractivity contribution < 1.29 is 4.84 Å². The second kappa shape index (κ2) is 13.5. The molecule has 5 aromatic rings. The molecule has 0 bridgehead atoms. The minimum Gasteiger partial charge on any atom is -0.396 e. The summed E-state index contributed by atoms with van der Waals surface area (Å²) in [6.07, 6.45) is 8.94. The van der Waals surface area contributed by atoms with E-state index in [4.69, 9.17) is 4.84 Å². The van der Waals surface area contributed by atoms with Gasteiger partial charge in [0.15, 0.2) is 0 Å². The van der Waals surface area contributed by atoms with Crippen molar-refractivity contribution in [3.05, 3.63) is 137 Å². The number of para-hydroxylation sites is 1. The zero-order valence-electron chi connectivity index (χ0n) is 25.5. The maximum atomic E-state index is 5.32. The summed E-state index contributed by atoms with van der Waals surface area (Å²) >= 11 is 0. The highest BCUT2D eigenvalue weighted by Crippen LogP contribution is 2.35. The molecule has 3 heteroatoms. The molecule has 5 rings (SSSR count). The van der Waals surface area contributed by atoms with Crippen molar-refractivity contribution >= 4 is 27.5 Å². The van der Waals surface area contributed by atoms with Gasteiger partial charge in [0.05, 0.1) is 16.7 Å². The van der Waals surface area contributed by atoms with Gasteiger partial charge in [0, 0.05) is 22.9 Å². The SMILES string of the molecule is C=C/C(=C\CC)CCc1ccc2c(c1)c1ccc(CC(C)=NOCC)cc1n2-c1ccccc1Cc1ccc(C)cc1. The van der Waals surface area contributed by atoms with Crippen molar-refractivity contribution in [3.8, 4) is 5.69 Å². The van der Waals surface area contributed by atoms with Gasteiger partial charge in [0.1, 0.15) is 6.61 Å². The van der Waals surface area contributed by atoms with Crippen molar-refractivity contribution in [1.82, 2.24) is 4.57 Å². The molecule has 1 heterocycles. The van der Waals surface area contributed by atoms with E-state index in [1.165, 1.54) is 60.9 Å². The van der Waals surface area contributed by atoms with Crippen molar-refractivity contribution in [1.29, 1.82) is 0 Å². The highest BCUT2D eigenvalue weighted by Gasteiger charge is 2.16. The number of hydrogen-bond acceptors (Lipinski definition) is 2. The summed E-state index contributed by atoms with van der Waals surface area (Å²) < 4.78 is 2.46. The molecule has 0 aliphatic rings. The fraction of sp³-hybridized carbons (Fsp3) is 0.256. The summed E-state index contributed by atoms with van der Waals surface area (Å²) in [5.74, 6) is 0. The lowest BCUT2D eigenvalue weighted by Gasteiger charge is -2.15. The van der Waals surface area contributed by atoms with Crippen LogP contribution in [0.3, 0.4) is 0 Å². The highest BCUT2D eigenvalue weighted by atomic mass is 16.6. The van der Waals surface area contributed by atoms with Crippen LogP contribution in [0.2, 0.25) is 0 Å². The van der Waals surface area contributed by atoms with Gasteiger partial charge in [-0.25, -0.2) is 0 Å². The van der Waals surface area contributed by atoms with Crippen LogP contribution in [0.4, 0.5) is 0 Å². The van der Waals surface area contributed by atoms with E-state index < -0.39 is 0 Å². The molecule has 3 nitrogen and oxygen atoms in total. The van der Waals surface area contributed by atoms with E-state index in [1.54, 1.807) is 0 Å². The minimum absolute atomic E-state index is 0.577. The van der Waals surface area contributed by atoms with Gasteiger partial charge in [-0.2, -0.15) is 0 Å². The quantitative estimate of drug-likeness (QED) is 0.0856. The predicted molar refractivity (Wildman–Crippen MR) is 180 cm³/mol. The Hall–Kier alpha value is -4.37. The van der Waals surface area contributed by atoms with E-state index in [2.05, 4.69) is 121 Å². The van der Waals surface area contributed by atoms with Crippen LogP contribution in [-0.2, 0) is 24.1 Å². The first-order chi connectivity index (χ1) is 20.5. The zero-order valence-corrected chi connectivity index (χ0v) is 25.5. The molecule has 0 fully saturated rings. The first-order valence-corrected chi connectivity index (χ1v) is 15.2. The molecule has 0 aliphatic carbocycles. The van der Waals surface area contributed by atoms with E-state index in [-0.39, 0.29) is 0 Å². The molecule has 1 aromatic heterocycles. The van der Waals surface area contributed by atoms with E-state index in [1.807, 2.05) is 19.9 Å². The van der Waals surface area contributed by atoms with E-state index in [0.29, 0.717) is 6.61 Å². The highest BCUT2D eigenvalue weighted by molar-refractivity contribution is 6.10. The van der Waals surface area contributed by atoms with Crippen LogP contribution in [-0.4, -0.2) is 16.9 Å². The average Bonchev–Trinajstić information content (AvgIpc) is 3.32.